The maximum Gasteiger partial charge on any atom is 0.331 e. The van der Waals surface area contributed by atoms with Gasteiger partial charge in [-0.3, -0.25) is 0 Å². The number of carbonyl (C=O) groups excluding carboxylic acids is 1. The summed E-state index contributed by atoms with van der Waals surface area (Å²) in [5, 5.41) is 93.7. The molecule has 0 amide bonds. The Hall–Kier alpha value is -4.91. The summed E-state index contributed by atoms with van der Waals surface area (Å²) in [7, 11) is 0. The van der Waals surface area contributed by atoms with Crippen LogP contribution >= 0.6 is 0 Å². The summed E-state index contributed by atoms with van der Waals surface area (Å²) in [6.07, 6.45) is -12.4. The van der Waals surface area contributed by atoms with Crippen molar-refractivity contribution >= 4 is 18.1 Å². The Bertz CT molecular complexity index is 1780. The van der Waals surface area contributed by atoms with Gasteiger partial charge < -0.3 is 74.4 Å². The third kappa shape index (κ3) is 7.94. The lowest BCUT2D eigenvalue weighted by Crippen LogP contribution is -2.61. The lowest BCUT2D eigenvalue weighted by molar-refractivity contribution is -0.325. The van der Waals surface area contributed by atoms with Gasteiger partial charge in [-0.25, -0.2) is 4.79 Å². The predicted octanol–water partition coefficient (Wildman–Crippen LogP) is 0.779. The van der Waals surface area contributed by atoms with Crippen molar-refractivity contribution in [1.29, 1.82) is 0 Å². The molecule has 3 aliphatic heterocycles. The van der Waals surface area contributed by atoms with Crippen LogP contribution in [0.4, 0.5) is 0 Å². The van der Waals surface area contributed by atoms with Crippen molar-refractivity contribution in [3.63, 3.8) is 0 Å². The number of benzene rings is 3. The van der Waals surface area contributed by atoms with E-state index in [0.717, 1.165) is 12.1 Å². The van der Waals surface area contributed by atoms with E-state index in [1.54, 1.807) is 24.3 Å². The summed E-state index contributed by atoms with van der Waals surface area (Å²) in [6, 6.07) is 14.4. The van der Waals surface area contributed by atoms with E-state index in [0.29, 0.717) is 11.1 Å². The molecule has 3 aromatic carbocycles. The number of hydrogen-bond donors (Lipinski definition) is 9. The normalized spacial score (nSPS) is 31.7. The first kappa shape index (κ1) is 36.9. The fourth-order valence-corrected chi connectivity index (χ4v) is 5.99. The van der Waals surface area contributed by atoms with E-state index >= 15 is 0 Å². The Kier molecular flexibility index (Phi) is 10.9. The molecule has 0 radical (unpaired) electrons. The third-order valence-corrected chi connectivity index (χ3v) is 8.83. The fraction of sp³-hybridized carbons (Fsp3) is 0.361. The zero-order valence-electron chi connectivity index (χ0n) is 27.5. The molecule has 278 valence electrons. The Balaban J connectivity index is 1.12. The summed E-state index contributed by atoms with van der Waals surface area (Å²) in [5.74, 6) is -1.09. The maximum absolute atomic E-state index is 12.5. The van der Waals surface area contributed by atoms with Crippen LogP contribution in [-0.4, -0.2) is 125 Å². The molecule has 2 saturated heterocycles. The van der Waals surface area contributed by atoms with Crippen LogP contribution in [0.3, 0.4) is 0 Å². The van der Waals surface area contributed by atoms with E-state index in [-0.39, 0.29) is 40.1 Å². The zero-order chi connectivity index (χ0) is 37.3. The van der Waals surface area contributed by atoms with E-state index in [1.165, 1.54) is 49.4 Å². The first-order valence-electron chi connectivity index (χ1n) is 16.2. The summed E-state index contributed by atoms with van der Waals surface area (Å²) in [6.45, 7) is 0.938. The number of aliphatic hydroxyl groups is 6. The van der Waals surface area contributed by atoms with Gasteiger partial charge in [0, 0.05) is 18.2 Å². The maximum atomic E-state index is 12.5. The second kappa shape index (κ2) is 15.4. The van der Waals surface area contributed by atoms with Gasteiger partial charge in [0.25, 0.3) is 11.9 Å². The summed E-state index contributed by atoms with van der Waals surface area (Å²) >= 11 is 0. The number of phenolic OH excluding ortho intramolecular Hbond substituents is 4. The van der Waals surface area contributed by atoms with E-state index < -0.39 is 80.1 Å². The summed E-state index contributed by atoms with van der Waals surface area (Å²) < 4.78 is 33.1. The van der Waals surface area contributed by atoms with Crippen molar-refractivity contribution < 1.29 is 79.2 Å². The number of phenols is 4. The molecule has 11 atom stereocenters. The molecule has 0 spiro atoms. The van der Waals surface area contributed by atoms with Crippen LogP contribution in [0, 0.1) is 0 Å². The average Bonchev–Trinajstić information content (AvgIpc) is 3.11. The number of aliphatic hydroxyl groups excluding tert-OH is 5. The Labute approximate surface area is 296 Å². The number of rotatable bonds is 9. The minimum absolute atomic E-state index is 0.0164. The molecular formula is C36H39O16+. The van der Waals surface area contributed by atoms with Gasteiger partial charge in [-0.1, -0.05) is 12.1 Å². The molecule has 16 nitrogen and oxygen atoms in total. The minimum atomic E-state index is -1.81. The molecule has 0 aliphatic carbocycles. The Morgan fingerprint density at radius 2 is 1.44 bits per heavy atom. The largest absolute Gasteiger partial charge is 0.571 e. The van der Waals surface area contributed by atoms with Gasteiger partial charge in [-0.05, 0) is 55.0 Å². The summed E-state index contributed by atoms with van der Waals surface area (Å²) in [5.41, 5.74) is 1.29. The topological polar surface area (TPSA) is 258 Å². The highest BCUT2D eigenvalue weighted by molar-refractivity contribution is 5.87. The first-order chi connectivity index (χ1) is 24.8. The lowest BCUT2D eigenvalue weighted by atomic mass is 9.98. The quantitative estimate of drug-likeness (QED) is 0.0838. The number of aromatic hydroxyl groups is 5. The standard InChI is InChI=1S/C36H38O16/c1-16-33(52-27(41)11-4-17-2-7-19(37)8-3-17)30(44)32(46)35(48-16)47-15-26-28(42)29(43)31(45)36(51-26)50-25-14-22-23(40)12-21(39)13-24(22)49-34(25)18-5-9-20(38)10-6-18/h2-14,16,26,28-40,42-46H,15H2,1H3/p+1. The highest BCUT2D eigenvalue weighted by atomic mass is 16.7. The van der Waals surface area contributed by atoms with Crippen molar-refractivity contribution in [3.05, 3.63) is 89.2 Å². The molecule has 16 heteroatoms. The van der Waals surface area contributed by atoms with Crippen LogP contribution < -0.4 is 0 Å². The van der Waals surface area contributed by atoms with Gasteiger partial charge in [-0.15, -0.1) is 0 Å². The molecule has 10 N–H and O–H groups in total. The molecule has 0 saturated carbocycles. The van der Waals surface area contributed by atoms with Crippen LogP contribution in [0.5, 0.6) is 28.7 Å². The first-order valence-corrected chi connectivity index (χ1v) is 16.2. The van der Waals surface area contributed by atoms with Crippen molar-refractivity contribution in [2.45, 2.75) is 74.4 Å². The average molecular weight is 728 g/mol. The van der Waals surface area contributed by atoms with Gasteiger partial charge in [0.05, 0.1) is 24.3 Å². The van der Waals surface area contributed by atoms with Gasteiger partial charge in [-0.2, -0.15) is 0 Å². The van der Waals surface area contributed by atoms with Crippen molar-refractivity contribution in [2.24, 2.45) is 0 Å². The van der Waals surface area contributed by atoms with Crippen LogP contribution in [0.15, 0.2) is 72.5 Å². The third-order valence-electron chi connectivity index (χ3n) is 8.83. The molecular weight excluding hydrogens is 688 g/mol. The zero-order valence-corrected chi connectivity index (χ0v) is 27.5. The van der Waals surface area contributed by atoms with Gasteiger partial charge in [0.15, 0.2) is 18.2 Å². The van der Waals surface area contributed by atoms with Crippen LogP contribution in [0.25, 0.3) is 12.2 Å². The molecule has 11 unspecified atom stereocenters. The van der Waals surface area contributed by atoms with Gasteiger partial charge in [0.1, 0.15) is 65.2 Å². The fourth-order valence-electron chi connectivity index (χ4n) is 5.99. The molecule has 0 bridgehead atoms. The highest BCUT2D eigenvalue weighted by Crippen LogP contribution is 2.45. The minimum Gasteiger partial charge on any atom is -0.571 e. The monoisotopic (exact) mass is 727 g/mol. The van der Waals surface area contributed by atoms with E-state index in [4.69, 9.17) is 23.7 Å². The van der Waals surface area contributed by atoms with Crippen molar-refractivity contribution in [2.75, 3.05) is 6.61 Å². The molecule has 6 rings (SSSR count). The van der Waals surface area contributed by atoms with Gasteiger partial charge in [0.2, 0.25) is 6.29 Å². The molecule has 52 heavy (non-hydrogen) atoms. The number of fused-ring (bicyclic) bond motifs is 1. The molecule has 3 aromatic rings. The summed E-state index contributed by atoms with van der Waals surface area (Å²) in [4.78, 5) is 12.5. The van der Waals surface area contributed by atoms with E-state index in [1.807, 2.05) is 0 Å². The van der Waals surface area contributed by atoms with E-state index in [9.17, 15) is 50.8 Å². The Morgan fingerprint density at radius 1 is 0.788 bits per heavy atom. The molecule has 2 fully saturated rings. The Morgan fingerprint density at radius 3 is 2.13 bits per heavy atom. The molecule has 0 aromatic heterocycles. The molecule has 3 aliphatic rings. The molecule has 3 heterocycles. The highest BCUT2D eigenvalue weighted by Gasteiger charge is 2.49. The van der Waals surface area contributed by atoms with Gasteiger partial charge >= 0.3 is 5.97 Å². The van der Waals surface area contributed by atoms with Crippen LogP contribution in [0.1, 0.15) is 29.7 Å². The lowest BCUT2D eigenvalue weighted by Gasteiger charge is -2.43. The second-order valence-corrected chi connectivity index (χ2v) is 12.6. The number of esters is 1. The number of hydrogen-bond acceptors (Lipinski definition) is 15. The van der Waals surface area contributed by atoms with Crippen molar-refractivity contribution in [1.82, 2.24) is 0 Å². The number of carbonyl (C=O) groups is 1. The second-order valence-electron chi connectivity index (χ2n) is 12.6. The van der Waals surface area contributed by atoms with Crippen molar-refractivity contribution in [3.8, 4) is 28.7 Å². The van der Waals surface area contributed by atoms with E-state index in [2.05, 4.69) is 4.74 Å². The predicted molar refractivity (Wildman–Crippen MR) is 177 cm³/mol. The number of ether oxygens (including phenoxy) is 6. The van der Waals surface area contributed by atoms with Crippen LogP contribution in [-0.2, 0) is 28.5 Å². The smallest absolute Gasteiger partial charge is 0.331 e. The SMILES string of the molecule is CC1OC(OCC2OC(OC3=Cc4c(O)cc(O)cc4[OH+]C3c3ccc(O)cc3)C(O)C(O)C2O)C(O)C(O)C1OC(=O)C=Cc1ccc(O)cc1. The van der Waals surface area contributed by atoms with Crippen LogP contribution in [0.2, 0.25) is 0 Å².